The van der Waals surface area contributed by atoms with E-state index in [4.69, 9.17) is 4.74 Å². The van der Waals surface area contributed by atoms with Crippen LogP contribution in [-0.4, -0.2) is 31.0 Å². The summed E-state index contributed by atoms with van der Waals surface area (Å²) >= 11 is 5.45. The second-order valence-electron chi connectivity index (χ2n) is 3.07. The van der Waals surface area contributed by atoms with Crippen LogP contribution in [0.25, 0.3) is 0 Å². The van der Waals surface area contributed by atoms with Gasteiger partial charge in [-0.15, -0.1) is 0 Å². The molecule has 0 radical (unpaired) electrons. The number of carbonyl (C=O) groups excluding carboxylic acids is 1. The minimum Gasteiger partial charge on any atom is -0.379 e. The predicted molar refractivity (Wildman–Crippen MR) is 76.1 cm³/mol. The van der Waals surface area contributed by atoms with E-state index in [1.165, 1.54) is 0 Å². The van der Waals surface area contributed by atoms with E-state index >= 15 is 0 Å². The van der Waals surface area contributed by atoms with Gasteiger partial charge >= 0.3 is 0 Å². The van der Waals surface area contributed by atoms with Crippen molar-refractivity contribution in [3.8, 4) is 0 Å². The van der Waals surface area contributed by atoms with E-state index in [2.05, 4.69) is 43.8 Å². The Bertz CT molecular complexity index is 347. The van der Waals surface area contributed by atoms with Crippen molar-refractivity contribution in [3.05, 3.63) is 33.4 Å². The first-order valence-electron chi connectivity index (χ1n) is 4.91. The third-order valence-corrected chi connectivity index (χ3v) is 2.83. The standard InChI is InChI=1S/C11H13BrINO2/c12-4-6-16-7-5-14-11(15)9-2-1-3-10(13)8-9/h1-3,8H,4-7H2,(H,14,15). The normalized spacial score (nSPS) is 10.1. The summed E-state index contributed by atoms with van der Waals surface area (Å²) in [6, 6.07) is 7.49. The molecule has 0 aliphatic rings. The molecule has 1 amide bonds. The highest BCUT2D eigenvalue weighted by Gasteiger charge is 2.04. The van der Waals surface area contributed by atoms with Crippen molar-refractivity contribution >= 4 is 44.4 Å². The lowest BCUT2D eigenvalue weighted by Gasteiger charge is -2.05. The molecule has 0 unspecified atom stereocenters. The summed E-state index contributed by atoms with van der Waals surface area (Å²) in [5, 5.41) is 3.62. The molecule has 0 fully saturated rings. The van der Waals surface area contributed by atoms with E-state index < -0.39 is 0 Å². The maximum atomic E-state index is 11.7. The highest BCUT2D eigenvalue weighted by molar-refractivity contribution is 14.1. The van der Waals surface area contributed by atoms with Gasteiger partial charge in [-0.1, -0.05) is 22.0 Å². The molecule has 88 valence electrons. The zero-order chi connectivity index (χ0) is 11.8. The summed E-state index contributed by atoms with van der Waals surface area (Å²) in [6.07, 6.45) is 0. The maximum Gasteiger partial charge on any atom is 0.251 e. The molecule has 5 heteroatoms. The number of hydrogen-bond acceptors (Lipinski definition) is 2. The number of amides is 1. The van der Waals surface area contributed by atoms with E-state index in [-0.39, 0.29) is 5.91 Å². The van der Waals surface area contributed by atoms with Crippen molar-refractivity contribution in [1.29, 1.82) is 0 Å². The quantitative estimate of drug-likeness (QED) is 0.455. The fraction of sp³-hybridized carbons (Fsp3) is 0.364. The SMILES string of the molecule is O=C(NCCOCCBr)c1cccc(I)c1. The molecule has 1 aromatic rings. The number of halogens is 2. The summed E-state index contributed by atoms with van der Waals surface area (Å²) < 4.78 is 6.29. The molecular formula is C11H13BrINO2. The molecule has 0 aromatic heterocycles. The zero-order valence-electron chi connectivity index (χ0n) is 8.71. The smallest absolute Gasteiger partial charge is 0.251 e. The predicted octanol–water partition coefficient (Wildman–Crippen LogP) is 2.43. The van der Waals surface area contributed by atoms with E-state index in [1.807, 2.05) is 18.2 Å². The molecule has 1 rings (SSSR count). The summed E-state index contributed by atoms with van der Waals surface area (Å²) in [6.45, 7) is 1.75. The topological polar surface area (TPSA) is 38.3 Å². The van der Waals surface area contributed by atoms with Gasteiger partial charge in [-0.3, -0.25) is 4.79 Å². The van der Waals surface area contributed by atoms with Crippen LogP contribution in [-0.2, 0) is 4.74 Å². The number of benzene rings is 1. The minimum absolute atomic E-state index is 0.0547. The molecular weight excluding hydrogens is 385 g/mol. The van der Waals surface area contributed by atoms with Crippen molar-refractivity contribution in [2.75, 3.05) is 25.1 Å². The molecule has 0 aliphatic carbocycles. The summed E-state index contributed by atoms with van der Waals surface area (Å²) in [5.74, 6) is -0.0547. The molecule has 0 bridgehead atoms. The Hall–Kier alpha value is -0.140. The van der Waals surface area contributed by atoms with Crippen LogP contribution in [0, 0.1) is 3.57 Å². The first kappa shape index (κ1) is 13.9. The van der Waals surface area contributed by atoms with Crippen molar-refractivity contribution < 1.29 is 9.53 Å². The summed E-state index contributed by atoms with van der Waals surface area (Å²) in [4.78, 5) is 11.7. The lowest BCUT2D eigenvalue weighted by Crippen LogP contribution is -2.27. The first-order chi connectivity index (χ1) is 7.74. The largest absolute Gasteiger partial charge is 0.379 e. The van der Waals surface area contributed by atoms with Crippen LogP contribution in [0.3, 0.4) is 0 Å². The Labute approximate surface area is 117 Å². The van der Waals surface area contributed by atoms with E-state index in [0.717, 1.165) is 8.90 Å². The summed E-state index contributed by atoms with van der Waals surface area (Å²) in [7, 11) is 0. The lowest BCUT2D eigenvalue weighted by atomic mass is 10.2. The molecule has 0 heterocycles. The van der Waals surface area contributed by atoms with Crippen LogP contribution in [0.1, 0.15) is 10.4 Å². The molecule has 1 N–H and O–H groups in total. The molecule has 3 nitrogen and oxygen atoms in total. The Morgan fingerprint density at radius 2 is 2.25 bits per heavy atom. The van der Waals surface area contributed by atoms with Gasteiger partial charge in [0.1, 0.15) is 0 Å². The Balaban J connectivity index is 2.30. The van der Waals surface area contributed by atoms with Crippen LogP contribution >= 0.6 is 38.5 Å². The number of nitrogens with one attached hydrogen (secondary N) is 1. The highest BCUT2D eigenvalue weighted by atomic mass is 127. The van der Waals surface area contributed by atoms with Crippen molar-refractivity contribution in [3.63, 3.8) is 0 Å². The molecule has 0 saturated heterocycles. The van der Waals surface area contributed by atoms with Gasteiger partial charge < -0.3 is 10.1 Å². The van der Waals surface area contributed by atoms with Gasteiger partial charge in [0.2, 0.25) is 0 Å². The third-order valence-electron chi connectivity index (χ3n) is 1.84. The molecule has 0 saturated carbocycles. The molecule has 16 heavy (non-hydrogen) atoms. The Kier molecular flexibility index (Phi) is 6.98. The Morgan fingerprint density at radius 1 is 1.44 bits per heavy atom. The molecule has 0 atom stereocenters. The second-order valence-corrected chi connectivity index (χ2v) is 5.11. The fourth-order valence-electron chi connectivity index (χ4n) is 1.13. The molecule has 1 aromatic carbocycles. The minimum atomic E-state index is -0.0547. The number of rotatable bonds is 6. The van der Waals surface area contributed by atoms with Gasteiger partial charge in [0.25, 0.3) is 5.91 Å². The molecule has 0 aliphatic heterocycles. The van der Waals surface area contributed by atoms with Gasteiger partial charge in [-0.05, 0) is 40.8 Å². The van der Waals surface area contributed by atoms with Crippen molar-refractivity contribution in [2.45, 2.75) is 0 Å². The highest BCUT2D eigenvalue weighted by Crippen LogP contribution is 2.07. The number of ether oxygens (including phenoxy) is 1. The van der Waals surface area contributed by atoms with Crippen molar-refractivity contribution in [1.82, 2.24) is 5.32 Å². The van der Waals surface area contributed by atoms with Gasteiger partial charge in [0.15, 0.2) is 0 Å². The Morgan fingerprint density at radius 3 is 2.94 bits per heavy atom. The van der Waals surface area contributed by atoms with Crippen LogP contribution in [0.4, 0.5) is 0 Å². The summed E-state index contributed by atoms with van der Waals surface area (Å²) in [5.41, 5.74) is 0.687. The molecule has 0 spiro atoms. The van der Waals surface area contributed by atoms with Crippen LogP contribution in [0.5, 0.6) is 0 Å². The maximum absolute atomic E-state index is 11.7. The fourth-order valence-corrected chi connectivity index (χ4v) is 1.90. The second kappa shape index (κ2) is 8.03. The van der Waals surface area contributed by atoms with Crippen molar-refractivity contribution in [2.24, 2.45) is 0 Å². The third kappa shape index (κ3) is 5.27. The average molecular weight is 398 g/mol. The van der Waals surface area contributed by atoms with Crippen LogP contribution in [0.2, 0.25) is 0 Å². The number of alkyl halides is 1. The number of hydrogen-bond donors (Lipinski definition) is 1. The average Bonchev–Trinajstić information content (AvgIpc) is 2.28. The lowest BCUT2D eigenvalue weighted by molar-refractivity contribution is 0.0924. The van der Waals surface area contributed by atoms with Crippen LogP contribution < -0.4 is 5.32 Å². The van der Waals surface area contributed by atoms with Gasteiger partial charge in [-0.2, -0.15) is 0 Å². The van der Waals surface area contributed by atoms with E-state index in [1.54, 1.807) is 6.07 Å². The van der Waals surface area contributed by atoms with Gasteiger partial charge in [0.05, 0.1) is 13.2 Å². The monoisotopic (exact) mass is 397 g/mol. The van der Waals surface area contributed by atoms with Gasteiger partial charge in [0, 0.05) is 21.0 Å². The van der Waals surface area contributed by atoms with Gasteiger partial charge in [-0.25, -0.2) is 0 Å². The zero-order valence-corrected chi connectivity index (χ0v) is 12.5. The first-order valence-corrected chi connectivity index (χ1v) is 7.11. The van der Waals surface area contributed by atoms with E-state index in [9.17, 15) is 4.79 Å². The van der Waals surface area contributed by atoms with Crippen LogP contribution in [0.15, 0.2) is 24.3 Å². The number of carbonyl (C=O) groups is 1. The van der Waals surface area contributed by atoms with E-state index in [0.29, 0.717) is 25.3 Å².